The minimum Gasteiger partial charge on any atom is -0.371 e. The lowest BCUT2D eigenvalue weighted by molar-refractivity contribution is 1.07. The summed E-state index contributed by atoms with van der Waals surface area (Å²) in [6.45, 7) is 0. The highest BCUT2D eigenvalue weighted by Gasteiger charge is 2.27. The van der Waals surface area contributed by atoms with Crippen molar-refractivity contribution in [3.63, 3.8) is 0 Å². The van der Waals surface area contributed by atoms with Crippen molar-refractivity contribution < 1.29 is 0 Å². The SMILES string of the molecule is c1ccc(NC2=Nc3ccccc3C2Nc2ccccc2)cc1. The molecule has 2 N–H and O–H groups in total. The molecule has 0 saturated carbocycles. The Kier molecular flexibility index (Phi) is 3.53. The smallest absolute Gasteiger partial charge is 0.134 e. The minimum atomic E-state index is 0.0220. The number of fused-ring (bicyclic) bond motifs is 1. The second-order valence-corrected chi connectivity index (χ2v) is 5.49. The molecule has 4 rings (SSSR count). The molecule has 1 aliphatic rings. The molecule has 1 atom stereocenters. The molecule has 0 bridgehead atoms. The molecule has 0 spiro atoms. The average molecular weight is 299 g/mol. The molecule has 112 valence electrons. The lowest BCUT2D eigenvalue weighted by Gasteiger charge is -2.19. The molecule has 0 aromatic heterocycles. The Balaban J connectivity index is 1.66. The summed E-state index contributed by atoms with van der Waals surface area (Å²) in [6, 6.07) is 28.6. The van der Waals surface area contributed by atoms with Gasteiger partial charge in [-0.15, -0.1) is 0 Å². The van der Waals surface area contributed by atoms with Crippen LogP contribution in [0.2, 0.25) is 0 Å². The maximum Gasteiger partial charge on any atom is 0.134 e. The summed E-state index contributed by atoms with van der Waals surface area (Å²) >= 11 is 0. The van der Waals surface area contributed by atoms with Gasteiger partial charge in [0.1, 0.15) is 11.9 Å². The van der Waals surface area contributed by atoms with Crippen LogP contribution in [0.3, 0.4) is 0 Å². The zero-order valence-corrected chi connectivity index (χ0v) is 12.6. The van der Waals surface area contributed by atoms with Crippen LogP contribution in [0.1, 0.15) is 11.6 Å². The van der Waals surface area contributed by atoms with E-state index in [9.17, 15) is 0 Å². The van der Waals surface area contributed by atoms with Gasteiger partial charge in [-0.2, -0.15) is 0 Å². The first kappa shape index (κ1) is 13.6. The summed E-state index contributed by atoms with van der Waals surface area (Å²) in [5.74, 6) is 0.918. The Morgan fingerprint density at radius 3 is 2.00 bits per heavy atom. The van der Waals surface area contributed by atoms with Gasteiger partial charge in [-0.1, -0.05) is 54.6 Å². The Hall–Kier alpha value is -3.07. The molecule has 3 aromatic carbocycles. The quantitative estimate of drug-likeness (QED) is 0.714. The van der Waals surface area contributed by atoms with Crippen LogP contribution >= 0.6 is 0 Å². The normalized spacial score (nSPS) is 15.7. The number of anilines is 2. The van der Waals surface area contributed by atoms with Crippen LogP contribution in [0, 0.1) is 0 Å². The van der Waals surface area contributed by atoms with E-state index in [2.05, 4.69) is 41.0 Å². The van der Waals surface area contributed by atoms with E-state index < -0.39 is 0 Å². The zero-order valence-electron chi connectivity index (χ0n) is 12.6. The fourth-order valence-corrected chi connectivity index (χ4v) is 2.79. The standard InChI is InChI=1S/C20H17N3/c1-3-9-15(10-4-1)21-19-17-13-7-8-14-18(17)23-20(19)22-16-11-5-2-6-12-16/h1-14,19,21H,(H,22,23). The van der Waals surface area contributed by atoms with E-state index in [4.69, 9.17) is 4.99 Å². The van der Waals surface area contributed by atoms with Crippen LogP contribution in [0.15, 0.2) is 89.9 Å². The fraction of sp³-hybridized carbons (Fsp3) is 0.0500. The summed E-state index contributed by atoms with van der Waals surface area (Å²) in [5, 5.41) is 7.02. The molecule has 3 aromatic rings. The largest absolute Gasteiger partial charge is 0.371 e. The molecule has 0 amide bonds. The molecule has 0 saturated heterocycles. The third kappa shape index (κ3) is 2.81. The molecule has 3 nitrogen and oxygen atoms in total. The summed E-state index contributed by atoms with van der Waals surface area (Å²) in [5.41, 5.74) is 4.32. The summed E-state index contributed by atoms with van der Waals surface area (Å²) < 4.78 is 0. The van der Waals surface area contributed by atoms with E-state index in [-0.39, 0.29) is 6.04 Å². The highest BCUT2D eigenvalue weighted by atomic mass is 15.1. The van der Waals surface area contributed by atoms with Crippen molar-refractivity contribution >= 4 is 22.9 Å². The van der Waals surface area contributed by atoms with E-state index >= 15 is 0 Å². The molecule has 1 aliphatic heterocycles. The molecule has 23 heavy (non-hydrogen) atoms. The first-order valence-corrected chi connectivity index (χ1v) is 7.71. The van der Waals surface area contributed by atoms with Gasteiger partial charge in [-0.3, -0.25) is 0 Å². The molecule has 0 fully saturated rings. The molecule has 0 radical (unpaired) electrons. The van der Waals surface area contributed by atoms with Gasteiger partial charge >= 0.3 is 0 Å². The van der Waals surface area contributed by atoms with Crippen molar-refractivity contribution in [2.24, 2.45) is 4.99 Å². The Labute approximate surface area is 135 Å². The number of aliphatic imine (C=N–C) groups is 1. The van der Waals surface area contributed by atoms with Crippen molar-refractivity contribution in [1.29, 1.82) is 0 Å². The predicted octanol–water partition coefficient (Wildman–Crippen LogP) is 5.00. The number of benzene rings is 3. The topological polar surface area (TPSA) is 36.4 Å². The number of amidine groups is 1. The first-order valence-electron chi connectivity index (χ1n) is 7.71. The molecular formula is C20H17N3. The van der Waals surface area contributed by atoms with Crippen LogP contribution in [0.25, 0.3) is 0 Å². The van der Waals surface area contributed by atoms with Gasteiger partial charge < -0.3 is 10.6 Å². The number of hydrogen-bond donors (Lipinski definition) is 2. The zero-order chi connectivity index (χ0) is 15.5. The third-order valence-electron chi connectivity index (χ3n) is 3.89. The second kappa shape index (κ2) is 5.97. The van der Waals surface area contributed by atoms with Gasteiger partial charge in [-0.05, 0) is 30.3 Å². The van der Waals surface area contributed by atoms with E-state index in [1.54, 1.807) is 0 Å². The number of para-hydroxylation sites is 3. The Bertz CT molecular complexity index is 826. The number of nitrogens with zero attached hydrogens (tertiary/aromatic N) is 1. The Morgan fingerprint density at radius 2 is 1.26 bits per heavy atom. The van der Waals surface area contributed by atoms with Gasteiger partial charge in [0, 0.05) is 16.9 Å². The predicted molar refractivity (Wildman–Crippen MR) is 96.4 cm³/mol. The van der Waals surface area contributed by atoms with Crippen molar-refractivity contribution in [1.82, 2.24) is 0 Å². The highest BCUT2D eigenvalue weighted by molar-refractivity contribution is 6.06. The third-order valence-corrected chi connectivity index (χ3v) is 3.89. The van der Waals surface area contributed by atoms with Crippen LogP contribution in [-0.4, -0.2) is 5.84 Å². The molecular weight excluding hydrogens is 282 g/mol. The lowest BCUT2D eigenvalue weighted by Crippen LogP contribution is -2.24. The molecule has 3 heteroatoms. The molecule has 1 unspecified atom stereocenters. The first-order chi connectivity index (χ1) is 11.4. The number of rotatable bonds is 3. The number of hydrogen-bond acceptors (Lipinski definition) is 3. The number of nitrogens with one attached hydrogen (secondary N) is 2. The van der Waals surface area contributed by atoms with Crippen LogP contribution < -0.4 is 10.6 Å². The van der Waals surface area contributed by atoms with E-state index in [0.717, 1.165) is 22.9 Å². The lowest BCUT2D eigenvalue weighted by atomic mass is 10.1. The molecule has 1 heterocycles. The minimum absolute atomic E-state index is 0.0220. The van der Waals surface area contributed by atoms with E-state index in [1.165, 1.54) is 5.56 Å². The second-order valence-electron chi connectivity index (χ2n) is 5.49. The van der Waals surface area contributed by atoms with Crippen molar-refractivity contribution in [2.75, 3.05) is 10.6 Å². The van der Waals surface area contributed by atoms with E-state index in [0.29, 0.717) is 0 Å². The maximum absolute atomic E-state index is 4.77. The highest BCUT2D eigenvalue weighted by Crippen LogP contribution is 2.36. The van der Waals surface area contributed by atoms with Crippen molar-refractivity contribution in [3.8, 4) is 0 Å². The molecule has 0 aliphatic carbocycles. The van der Waals surface area contributed by atoms with E-state index in [1.807, 2.05) is 54.6 Å². The van der Waals surface area contributed by atoms with Gasteiger partial charge in [0.25, 0.3) is 0 Å². The van der Waals surface area contributed by atoms with Crippen LogP contribution in [0.5, 0.6) is 0 Å². The summed E-state index contributed by atoms with van der Waals surface area (Å²) in [4.78, 5) is 4.77. The monoisotopic (exact) mass is 299 g/mol. The fourth-order valence-electron chi connectivity index (χ4n) is 2.79. The van der Waals surface area contributed by atoms with Gasteiger partial charge in [-0.25, -0.2) is 4.99 Å². The van der Waals surface area contributed by atoms with Gasteiger partial charge in [0.05, 0.1) is 5.69 Å². The van der Waals surface area contributed by atoms with Crippen molar-refractivity contribution in [3.05, 3.63) is 90.5 Å². The van der Waals surface area contributed by atoms with Gasteiger partial charge in [0.2, 0.25) is 0 Å². The van der Waals surface area contributed by atoms with Crippen LogP contribution in [-0.2, 0) is 0 Å². The summed E-state index contributed by atoms with van der Waals surface area (Å²) in [7, 11) is 0. The average Bonchev–Trinajstić information content (AvgIpc) is 2.94. The summed E-state index contributed by atoms with van der Waals surface area (Å²) in [6.07, 6.45) is 0. The van der Waals surface area contributed by atoms with Crippen LogP contribution in [0.4, 0.5) is 17.1 Å². The maximum atomic E-state index is 4.77. The van der Waals surface area contributed by atoms with Gasteiger partial charge in [0.15, 0.2) is 0 Å². The Morgan fingerprint density at radius 1 is 0.652 bits per heavy atom. The van der Waals surface area contributed by atoms with Crippen molar-refractivity contribution in [2.45, 2.75) is 6.04 Å².